The minimum absolute atomic E-state index is 0.149. The fraction of sp³-hybridized carbons (Fsp3) is 0.355. The molecule has 2 amide bonds. The van der Waals surface area contributed by atoms with Crippen LogP contribution >= 0.6 is 11.6 Å². The number of nitrogens with zero attached hydrogens (tertiary/aromatic N) is 1. The number of primary amides is 1. The highest BCUT2D eigenvalue weighted by Crippen LogP contribution is 2.32. The molecule has 0 fully saturated rings. The van der Waals surface area contributed by atoms with Gasteiger partial charge in [-0.1, -0.05) is 74.0 Å². The molecule has 6 nitrogen and oxygen atoms in total. The summed E-state index contributed by atoms with van der Waals surface area (Å²) in [7, 11) is 0. The molecule has 0 heterocycles. The van der Waals surface area contributed by atoms with Crippen LogP contribution in [0.3, 0.4) is 0 Å². The number of nitrogens with one attached hydrogen (secondary N) is 1. The van der Waals surface area contributed by atoms with Gasteiger partial charge in [0.05, 0.1) is 6.10 Å². The molecule has 4 N–H and O–H groups in total. The Kier molecular flexibility index (Phi) is 11.3. The second-order valence-electron chi connectivity index (χ2n) is 9.55. The second-order valence-corrected chi connectivity index (χ2v) is 9.98. The topological polar surface area (TPSA) is 95.7 Å². The van der Waals surface area contributed by atoms with Crippen molar-refractivity contribution in [2.75, 3.05) is 19.6 Å². The zero-order chi connectivity index (χ0) is 27.5. The number of aliphatic hydroxyl groups excluding tert-OH is 1. The van der Waals surface area contributed by atoms with Crippen LogP contribution in [0.4, 0.5) is 0 Å². The van der Waals surface area contributed by atoms with Gasteiger partial charge in [0.15, 0.2) is 0 Å². The number of aliphatic hydroxyl groups is 1. The summed E-state index contributed by atoms with van der Waals surface area (Å²) in [6.45, 7) is 6.05. The second kappa shape index (κ2) is 14.7. The summed E-state index contributed by atoms with van der Waals surface area (Å²) in [5.74, 6) is -1.31. The van der Waals surface area contributed by atoms with Gasteiger partial charge < -0.3 is 21.1 Å². The molecule has 0 saturated heterocycles. The van der Waals surface area contributed by atoms with Crippen LogP contribution < -0.4 is 11.1 Å². The molecule has 0 aliphatic heterocycles. The predicted octanol–water partition coefficient (Wildman–Crippen LogP) is 5.18. The summed E-state index contributed by atoms with van der Waals surface area (Å²) in [4.78, 5) is 28.2. The molecule has 0 bridgehead atoms. The summed E-state index contributed by atoms with van der Waals surface area (Å²) in [6, 6.07) is 22.4. The maximum Gasteiger partial charge on any atom is 0.254 e. The van der Waals surface area contributed by atoms with Crippen LogP contribution in [0.15, 0.2) is 72.8 Å². The van der Waals surface area contributed by atoms with Crippen molar-refractivity contribution in [1.29, 1.82) is 0 Å². The van der Waals surface area contributed by atoms with E-state index in [-0.39, 0.29) is 18.0 Å². The largest absolute Gasteiger partial charge is 0.391 e. The Bertz CT molecular complexity index is 1200. The van der Waals surface area contributed by atoms with Crippen LogP contribution in [0.25, 0.3) is 0 Å². The number of halogens is 1. The van der Waals surface area contributed by atoms with E-state index in [1.807, 2.05) is 73.3 Å². The number of hydrogen-bond acceptors (Lipinski definition) is 4. The first-order valence-corrected chi connectivity index (χ1v) is 13.6. The number of carbonyl (C=O) groups excluding carboxylic acids is 2. The Balaban J connectivity index is 2.01. The minimum Gasteiger partial charge on any atom is -0.391 e. The predicted molar refractivity (Wildman–Crippen MR) is 153 cm³/mol. The van der Waals surface area contributed by atoms with Crippen LogP contribution in [0.2, 0.25) is 5.02 Å². The molecule has 38 heavy (non-hydrogen) atoms. The van der Waals surface area contributed by atoms with Crippen LogP contribution in [-0.4, -0.2) is 47.6 Å². The Labute approximate surface area is 230 Å². The van der Waals surface area contributed by atoms with E-state index in [9.17, 15) is 14.7 Å². The molecular weight excluding hydrogens is 498 g/mol. The lowest BCUT2D eigenvalue weighted by molar-refractivity contribution is 0.0751. The van der Waals surface area contributed by atoms with Crippen molar-refractivity contribution in [2.24, 2.45) is 5.73 Å². The normalized spacial score (nSPS) is 12.6. The number of rotatable bonds is 14. The molecule has 3 aromatic carbocycles. The number of nitrogens with two attached hydrogens (primary N) is 1. The molecule has 0 saturated carbocycles. The zero-order valence-electron chi connectivity index (χ0n) is 22.2. The van der Waals surface area contributed by atoms with Crippen LogP contribution in [0, 0.1) is 0 Å². The van der Waals surface area contributed by atoms with Gasteiger partial charge in [-0.3, -0.25) is 9.59 Å². The standard InChI is InChI=1S/C31H38ClN3O3/c1-3-16-35(17-4-2)31(38)26-15-9-14-25(30(33)37)29(26)27(19-22-10-6-5-7-11-22)28(36)21-34-20-23-12-8-13-24(32)18-23/h5-15,18,27-28,34,36H,3-4,16-17,19-21H2,1-2H3,(H2,33,37)/t27-,28+/m1/s1. The first-order chi connectivity index (χ1) is 18.3. The third-order valence-corrected chi connectivity index (χ3v) is 6.82. The van der Waals surface area contributed by atoms with E-state index >= 15 is 0 Å². The van der Waals surface area contributed by atoms with E-state index < -0.39 is 17.9 Å². The van der Waals surface area contributed by atoms with Gasteiger partial charge in [0.25, 0.3) is 5.91 Å². The maximum absolute atomic E-state index is 13.8. The van der Waals surface area contributed by atoms with Crippen molar-refractivity contribution < 1.29 is 14.7 Å². The number of amides is 2. The van der Waals surface area contributed by atoms with Crippen LogP contribution in [0.1, 0.15) is 70.0 Å². The Morgan fingerprint density at radius 1 is 0.921 bits per heavy atom. The van der Waals surface area contributed by atoms with E-state index in [2.05, 4.69) is 5.32 Å². The lowest BCUT2D eigenvalue weighted by atomic mass is 9.81. The molecule has 0 aromatic heterocycles. The molecule has 3 rings (SSSR count). The van der Waals surface area contributed by atoms with Gasteiger partial charge in [0.2, 0.25) is 5.91 Å². The van der Waals surface area contributed by atoms with Crippen molar-refractivity contribution in [2.45, 2.75) is 51.7 Å². The Hall–Kier alpha value is -3.19. The lowest BCUT2D eigenvalue weighted by Crippen LogP contribution is -2.37. The van der Waals surface area contributed by atoms with Gasteiger partial charge in [-0.15, -0.1) is 0 Å². The summed E-state index contributed by atoms with van der Waals surface area (Å²) in [6.07, 6.45) is 1.18. The van der Waals surface area contributed by atoms with Crippen molar-refractivity contribution in [1.82, 2.24) is 10.2 Å². The van der Waals surface area contributed by atoms with Crippen LogP contribution in [0.5, 0.6) is 0 Å². The molecular formula is C31H38ClN3O3. The van der Waals surface area contributed by atoms with Crippen LogP contribution in [-0.2, 0) is 13.0 Å². The third kappa shape index (κ3) is 7.90. The summed E-state index contributed by atoms with van der Waals surface area (Å²) < 4.78 is 0. The molecule has 7 heteroatoms. The lowest BCUT2D eigenvalue weighted by Gasteiger charge is -2.29. The molecule has 0 unspecified atom stereocenters. The molecule has 2 atom stereocenters. The smallest absolute Gasteiger partial charge is 0.254 e. The van der Waals surface area contributed by atoms with E-state index in [1.54, 1.807) is 18.2 Å². The summed E-state index contributed by atoms with van der Waals surface area (Å²) >= 11 is 6.11. The van der Waals surface area contributed by atoms with Crippen molar-refractivity contribution in [3.05, 3.63) is 106 Å². The van der Waals surface area contributed by atoms with Gasteiger partial charge >= 0.3 is 0 Å². The number of carbonyl (C=O) groups is 2. The Morgan fingerprint density at radius 2 is 1.55 bits per heavy atom. The first kappa shape index (κ1) is 29.4. The fourth-order valence-corrected chi connectivity index (χ4v) is 5.06. The average molecular weight is 536 g/mol. The quantitative estimate of drug-likeness (QED) is 0.265. The van der Waals surface area contributed by atoms with Gasteiger partial charge in [-0.25, -0.2) is 0 Å². The molecule has 0 spiro atoms. The van der Waals surface area contributed by atoms with Gasteiger partial charge in [0, 0.05) is 48.2 Å². The SMILES string of the molecule is CCCN(CCC)C(=O)c1cccc(C(N)=O)c1[C@H](Cc1ccccc1)[C@@H](O)CNCc1cccc(Cl)c1. The zero-order valence-corrected chi connectivity index (χ0v) is 23.0. The van der Waals surface area contributed by atoms with E-state index in [0.717, 1.165) is 24.0 Å². The molecule has 0 radical (unpaired) electrons. The minimum atomic E-state index is -0.896. The monoisotopic (exact) mass is 535 g/mol. The Morgan fingerprint density at radius 3 is 2.18 bits per heavy atom. The summed E-state index contributed by atoms with van der Waals surface area (Å²) in [5, 5.41) is 15.5. The molecule has 0 aliphatic carbocycles. The van der Waals surface area contributed by atoms with Gasteiger partial charge in [-0.05, 0) is 60.2 Å². The van der Waals surface area contributed by atoms with Crippen molar-refractivity contribution in [3.63, 3.8) is 0 Å². The van der Waals surface area contributed by atoms with Gasteiger partial charge in [0.1, 0.15) is 0 Å². The highest BCUT2D eigenvalue weighted by atomic mass is 35.5. The van der Waals surface area contributed by atoms with Gasteiger partial charge in [-0.2, -0.15) is 0 Å². The highest BCUT2D eigenvalue weighted by Gasteiger charge is 2.31. The number of hydrogen-bond donors (Lipinski definition) is 3. The molecule has 3 aromatic rings. The average Bonchev–Trinajstić information content (AvgIpc) is 2.91. The van der Waals surface area contributed by atoms with E-state index in [4.69, 9.17) is 17.3 Å². The summed E-state index contributed by atoms with van der Waals surface area (Å²) in [5.41, 5.74) is 8.99. The van der Waals surface area contributed by atoms with E-state index in [0.29, 0.717) is 42.2 Å². The molecule has 202 valence electrons. The third-order valence-electron chi connectivity index (χ3n) is 6.58. The number of benzene rings is 3. The first-order valence-electron chi connectivity index (χ1n) is 13.2. The fourth-order valence-electron chi connectivity index (χ4n) is 4.84. The van der Waals surface area contributed by atoms with E-state index in [1.165, 1.54) is 0 Å². The van der Waals surface area contributed by atoms with Crippen molar-refractivity contribution in [3.8, 4) is 0 Å². The van der Waals surface area contributed by atoms with Crippen molar-refractivity contribution >= 4 is 23.4 Å². The highest BCUT2D eigenvalue weighted by molar-refractivity contribution is 6.30. The molecule has 0 aliphatic rings. The maximum atomic E-state index is 13.8.